The Labute approximate surface area is 96.3 Å². The molecule has 0 radical (unpaired) electrons. The average Bonchev–Trinajstić information content (AvgIpc) is 2.94. The van der Waals surface area contributed by atoms with E-state index in [1.807, 2.05) is 6.21 Å². The average molecular weight is 212 g/mol. The third-order valence-electron chi connectivity index (χ3n) is 3.44. The van der Waals surface area contributed by atoms with Crippen LogP contribution in [0.25, 0.3) is 5.57 Å². The number of aliphatic imine (C=N–C) groups is 1. The number of rotatable bonds is 1. The molecule has 16 heavy (non-hydrogen) atoms. The number of likely N-dealkylation sites (tertiary alicyclic amines) is 1. The van der Waals surface area contributed by atoms with Crippen LogP contribution in [0.4, 0.5) is 5.69 Å². The first-order chi connectivity index (χ1) is 7.90. The van der Waals surface area contributed by atoms with Gasteiger partial charge in [0.15, 0.2) is 0 Å². The molecular weight excluding hydrogens is 196 g/mol. The molecular formula is C14H16N2. The molecule has 0 N–H and O–H groups in total. The summed E-state index contributed by atoms with van der Waals surface area (Å²) in [6, 6.07) is 8.41. The molecule has 0 amide bonds. The van der Waals surface area contributed by atoms with Crippen molar-refractivity contribution in [1.82, 2.24) is 4.90 Å². The number of benzene rings is 1. The van der Waals surface area contributed by atoms with Crippen molar-refractivity contribution in [2.45, 2.75) is 19.8 Å². The summed E-state index contributed by atoms with van der Waals surface area (Å²) in [5, 5.41) is 0. The zero-order valence-corrected chi connectivity index (χ0v) is 9.61. The molecule has 0 aliphatic carbocycles. The maximum absolute atomic E-state index is 4.48. The van der Waals surface area contributed by atoms with E-state index >= 15 is 0 Å². The Kier molecular flexibility index (Phi) is 2.28. The predicted molar refractivity (Wildman–Crippen MR) is 68.0 cm³/mol. The second kappa shape index (κ2) is 3.78. The maximum atomic E-state index is 4.48. The van der Waals surface area contributed by atoms with Gasteiger partial charge in [-0.2, -0.15) is 0 Å². The van der Waals surface area contributed by atoms with Crippen molar-refractivity contribution in [3.05, 3.63) is 35.5 Å². The molecule has 1 aromatic carbocycles. The van der Waals surface area contributed by atoms with Gasteiger partial charge in [-0.3, -0.25) is 4.99 Å². The minimum Gasteiger partial charge on any atom is -0.375 e. The lowest BCUT2D eigenvalue weighted by molar-refractivity contribution is 0.418. The quantitative estimate of drug-likeness (QED) is 0.697. The highest BCUT2D eigenvalue weighted by Gasteiger charge is 2.22. The molecule has 0 saturated carbocycles. The number of hydrogen-bond acceptors (Lipinski definition) is 2. The zero-order chi connectivity index (χ0) is 11.0. The molecule has 0 atom stereocenters. The molecule has 2 nitrogen and oxygen atoms in total. The Morgan fingerprint density at radius 1 is 1.31 bits per heavy atom. The van der Waals surface area contributed by atoms with E-state index in [1.165, 1.54) is 36.2 Å². The first-order valence-electron chi connectivity index (χ1n) is 6.01. The summed E-state index contributed by atoms with van der Waals surface area (Å²) >= 11 is 0. The van der Waals surface area contributed by atoms with E-state index in [4.69, 9.17) is 0 Å². The Balaban J connectivity index is 2.09. The summed E-state index contributed by atoms with van der Waals surface area (Å²) in [4.78, 5) is 6.96. The van der Waals surface area contributed by atoms with E-state index in [9.17, 15) is 0 Å². The lowest BCUT2D eigenvalue weighted by atomic mass is 10.0. The van der Waals surface area contributed by atoms with E-state index in [2.05, 4.69) is 41.1 Å². The van der Waals surface area contributed by atoms with Crippen LogP contribution in [0, 0.1) is 0 Å². The fourth-order valence-corrected chi connectivity index (χ4v) is 2.63. The van der Waals surface area contributed by atoms with Crippen LogP contribution in [0.2, 0.25) is 0 Å². The van der Waals surface area contributed by atoms with Gasteiger partial charge in [0.1, 0.15) is 0 Å². The van der Waals surface area contributed by atoms with Crippen LogP contribution in [0.5, 0.6) is 0 Å². The molecule has 1 aromatic rings. The van der Waals surface area contributed by atoms with E-state index < -0.39 is 0 Å². The lowest BCUT2D eigenvalue weighted by Gasteiger charge is -2.19. The maximum Gasteiger partial charge on any atom is 0.0709 e. The van der Waals surface area contributed by atoms with Crippen LogP contribution >= 0.6 is 0 Å². The van der Waals surface area contributed by atoms with Crippen molar-refractivity contribution in [2.75, 3.05) is 13.1 Å². The van der Waals surface area contributed by atoms with Gasteiger partial charge in [0.2, 0.25) is 0 Å². The Morgan fingerprint density at radius 2 is 2.19 bits per heavy atom. The van der Waals surface area contributed by atoms with Gasteiger partial charge in [-0.05, 0) is 25.8 Å². The molecule has 3 rings (SSSR count). The SMILES string of the molecule is CCN1CCC/C1=C1/C=Nc2ccccc21. The molecule has 0 bridgehead atoms. The Hall–Kier alpha value is -1.57. The molecule has 1 fully saturated rings. The number of para-hydroxylation sites is 1. The van der Waals surface area contributed by atoms with Gasteiger partial charge in [0, 0.05) is 36.1 Å². The van der Waals surface area contributed by atoms with Gasteiger partial charge < -0.3 is 4.90 Å². The van der Waals surface area contributed by atoms with Gasteiger partial charge in [-0.15, -0.1) is 0 Å². The van der Waals surface area contributed by atoms with E-state index in [0.29, 0.717) is 0 Å². The zero-order valence-electron chi connectivity index (χ0n) is 9.61. The van der Waals surface area contributed by atoms with Crippen molar-refractivity contribution >= 4 is 17.5 Å². The molecule has 2 aliphatic rings. The third-order valence-corrected chi connectivity index (χ3v) is 3.44. The Bertz CT molecular complexity index is 471. The molecule has 0 unspecified atom stereocenters. The van der Waals surface area contributed by atoms with E-state index in [1.54, 1.807) is 0 Å². The van der Waals surface area contributed by atoms with E-state index in [-0.39, 0.29) is 0 Å². The second-order valence-electron chi connectivity index (χ2n) is 4.32. The molecule has 2 heteroatoms. The minimum absolute atomic E-state index is 1.11. The number of nitrogens with zero attached hydrogens (tertiary/aromatic N) is 2. The summed E-state index contributed by atoms with van der Waals surface area (Å²) in [6.45, 7) is 4.53. The van der Waals surface area contributed by atoms with Gasteiger partial charge in [0.05, 0.1) is 5.69 Å². The van der Waals surface area contributed by atoms with Crippen molar-refractivity contribution in [3.8, 4) is 0 Å². The summed E-state index contributed by atoms with van der Waals surface area (Å²) in [7, 11) is 0. The van der Waals surface area contributed by atoms with Gasteiger partial charge >= 0.3 is 0 Å². The van der Waals surface area contributed by atoms with Crippen molar-refractivity contribution < 1.29 is 0 Å². The summed E-state index contributed by atoms with van der Waals surface area (Å²) < 4.78 is 0. The van der Waals surface area contributed by atoms with Crippen LogP contribution in [-0.4, -0.2) is 24.2 Å². The largest absolute Gasteiger partial charge is 0.375 e. The third kappa shape index (κ3) is 1.37. The fraction of sp³-hybridized carbons (Fsp3) is 0.357. The van der Waals surface area contributed by atoms with Gasteiger partial charge in [-0.1, -0.05) is 18.2 Å². The summed E-state index contributed by atoms with van der Waals surface area (Å²) in [5.74, 6) is 0. The Morgan fingerprint density at radius 3 is 3.06 bits per heavy atom. The number of hydrogen-bond donors (Lipinski definition) is 0. The van der Waals surface area contributed by atoms with Crippen molar-refractivity contribution in [2.24, 2.45) is 4.99 Å². The summed E-state index contributed by atoms with van der Waals surface area (Å²) in [6.07, 6.45) is 4.51. The fourth-order valence-electron chi connectivity index (χ4n) is 2.63. The molecule has 2 aliphatic heterocycles. The van der Waals surface area contributed by atoms with Crippen LogP contribution in [-0.2, 0) is 0 Å². The van der Waals surface area contributed by atoms with Crippen molar-refractivity contribution in [3.63, 3.8) is 0 Å². The highest BCUT2D eigenvalue weighted by molar-refractivity contribution is 6.17. The lowest BCUT2D eigenvalue weighted by Crippen LogP contribution is -2.17. The predicted octanol–water partition coefficient (Wildman–Crippen LogP) is 3.23. The van der Waals surface area contributed by atoms with E-state index in [0.717, 1.165) is 12.2 Å². The smallest absolute Gasteiger partial charge is 0.0709 e. The van der Waals surface area contributed by atoms with Crippen molar-refractivity contribution in [1.29, 1.82) is 0 Å². The molecule has 2 heterocycles. The molecule has 0 spiro atoms. The van der Waals surface area contributed by atoms with Crippen LogP contribution < -0.4 is 0 Å². The highest BCUT2D eigenvalue weighted by Crippen LogP contribution is 2.36. The highest BCUT2D eigenvalue weighted by atomic mass is 15.1. The topological polar surface area (TPSA) is 15.6 Å². The molecule has 0 aromatic heterocycles. The molecule has 1 saturated heterocycles. The standard InChI is InChI=1S/C14H16N2/c1-2-16-9-5-8-14(16)12-10-15-13-7-4-3-6-11(12)13/h3-4,6-7,10H,2,5,8-9H2,1H3/b14-12+. The van der Waals surface area contributed by atoms with Crippen LogP contribution in [0.3, 0.4) is 0 Å². The first kappa shape index (κ1) is 9.64. The second-order valence-corrected chi connectivity index (χ2v) is 4.32. The molecule has 82 valence electrons. The first-order valence-corrected chi connectivity index (χ1v) is 6.01. The minimum atomic E-state index is 1.11. The van der Waals surface area contributed by atoms with Crippen LogP contribution in [0.1, 0.15) is 25.3 Å². The van der Waals surface area contributed by atoms with Gasteiger partial charge in [-0.25, -0.2) is 0 Å². The number of allylic oxidation sites excluding steroid dienone is 2. The monoisotopic (exact) mass is 212 g/mol. The van der Waals surface area contributed by atoms with Gasteiger partial charge in [0.25, 0.3) is 0 Å². The number of fused-ring (bicyclic) bond motifs is 1. The van der Waals surface area contributed by atoms with Crippen LogP contribution in [0.15, 0.2) is 35.0 Å². The normalized spacial score (nSPS) is 22.9. The summed E-state index contributed by atoms with van der Waals surface area (Å²) in [5.41, 5.74) is 5.25.